The monoisotopic (exact) mass is 373 g/mol. The molecule has 1 aromatic heterocycles. The molecule has 2 heterocycles. The zero-order valence-corrected chi connectivity index (χ0v) is 14.6. The van der Waals surface area contributed by atoms with Gasteiger partial charge in [0.1, 0.15) is 5.69 Å². The number of nitrogens with one attached hydrogen (secondary N) is 1. The van der Waals surface area contributed by atoms with E-state index in [2.05, 4.69) is 31.1 Å². The van der Waals surface area contributed by atoms with Crippen LogP contribution in [0.25, 0.3) is 0 Å². The van der Waals surface area contributed by atoms with Crippen LogP contribution in [0.1, 0.15) is 36.2 Å². The van der Waals surface area contributed by atoms with Gasteiger partial charge in [0.25, 0.3) is 5.91 Å². The summed E-state index contributed by atoms with van der Waals surface area (Å²) in [5.74, 6) is -0.189. The Labute approximate surface area is 145 Å². The minimum Gasteiger partial charge on any atom is -0.370 e. The molecule has 0 unspecified atom stereocenters. The van der Waals surface area contributed by atoms with Crippen molar-refractivity contribution < 1.29 is 4.79 Å². The summed E-state index contributed by atoms with van der Waals surface area (Å²) < 4.78 is 0.930. The SMILES string of the molecule is O=C(Nc1cccc(Br)c1)c1ccc(N2CCCCCC2)cn1. The van der Waals surface area contributed by atoms with Gasteiger partial charge < -0.3 is 10.2 Å². The second kappa shape index (κ2) is 7.59. The van der Waals surface area contributed by atoms with Crippen molar-refractivity contribution in [2.75, 3.05) is 23.3 Å². The van der Waals surface area contributed by atoms with E-state index in [4.69, 9.17) is 0 Å². The number of amides is 1. The Morgan fingerprint density at radius 1 is 1.09 bits per heavy atom. The lowest BCUT2D eigenvalue weighted by Gasteiger charge is -2.22. The van der Waals surface area contributed by atoms with E-state index in [0.29, 0.717) is 5.69 Å². The molecule has 0 radical (unpaired) electrons. The van der Waals surface area contributed by atoms with E-state index in [1.54, 1.807) is 12.3 Å². The highest BCUT2D eigenvalue weighted by molar-refractivity contribution is 9.10. The number of rotatable bonds is 3. The van der Waals surface area contributed by atoms with E-state index >= 15 is 0 Å². The van der Waals surface area contributed by atoms with E-state index in [0.717, 1.165) is 28.9 Å². The van der Waals surface area contributed by atoms with Crippen molar-refractivity contribution in [3.8, 4) is 0 Å². The normalized spacial score (nSPS) is 15.1. The average molecular weight is 374 g/mol. The van der Waals surface area contributed by atoms with Crippen molar-refractivity contribution in [2.45, 2.75) is 25.7 Å². The van der Waals surface area contributed by atoms with Crippen LogP contribution in [-0.2, 0) is 0 Å². The van der Waals surface area contributed by atoms with Crippen LogP contribution in [0, 0.1) is 0 Å². The lowest BCUT2D eigenvalue weighted by molar-refractivity contribution is 0.102. The molecule has 1 fully saturated rings. The molecular weight excluding hydrogens is 354 g/mol. The van der Waals surface area contributed by atoms with Gasteiger partial charge in [0, 0.05) is 23.2 Å². The number of benzene rings is 1. The topological polar surface area (TPSA) is 45.2 Å². The van der Waals surface area contributed by atoms with Crippen molar-refractivity contribution >= 4 is 33.2 Å². The van der Waals surface area contributed by atoms with Gasteiger partial charge in [-0.1, -0.05) is 34.8 Å². The molecule has 2 aromatic rings. The minimum absolute atomic E-state index is 0.189. The highest BCUT2D eigenvalue weighted by Crippen LogP contribution is 2.20. The number of pyridine rings is 1. The fourth-order valence-corrected chi connectivity index (χ4v) is 3.20. The Hall–Kier alpha value is -1.88. The average Bonchev–Trinajstić information content (AvgIpc) is 2.84. The summed E-state index contributed by atoms with van der Waals surface area (Å²) in [6.07, 6.45) is 6.87. The molecule has 1 aliphatic heterocycles. The third-order valence-electron chi connectivity index (χ3n) is 4.03. The maximum atomic E-state index is 12.3. The van der Waals surface area contributed by atoms with E-state index in [1.165, 1.54) is 25.7 Å². The first-order valence-electron chi connectivity index (χ1n) is 8.00. The molecule has 1 amide bonds. The smallest absolute Gasteiger partial charge is 0.274 e. The van der Waals surface area contributed by atoms with Gasteiger partial charge in [0.15, 0.2) is 0 Å². The third-order valence-corrected chi connectivity index (χ3v) is 4.53. The molecule has 1 aliphatic rings. The van der Waals surface area contributed by atoms with Crippen LogP contribution in [0.4, 0.5) is 11.4 Å². The van der Waals surface area contributed by atoms with E-state index in [-0.39, 0.29) is 5.91 Å². The molecule has 0 spiro atoms. The molecule has 23 heavy (non-hydrogen) atoms. The summed E-state index contributed by atoms with van der Waals surface area (Å²) in [5, 5.41) is 2.86. The zero-order valence-electron chi connectivity index (χ0n) is 13.0. The second-order valence-corrected chi connectivity index (χ2v) is 6.68. The third kappa shape index (κ3) is 4.32. The molecule has 4 nitrogen and oxygen atoms in total. The van der Waals surface area contributed by atoms with Gasteiger partial charge in [-0.15, -0.1) is 0 Å². The minimum atomic E-state index is -0.189. The lowest BCUT2D eigenvalue weighted by atomic mass is 10.2. The van der Waals surface area contributed by atoms with Crippen molar-refractivity contribution in [3.05, 3.63) is 52.8 Å². The van der Waals surface area contributed by atoms with Crippen molar-refractivity contribution in [3.63, 3.8) is 0 Å². The standard InChI is InChI=1S/C18H20BrN3O/c19-14-6-5-7-15(12-14)21-18(23)17-9-8-16(13-20-17)22-10-3-1-2-4-11-22/h5-9,12-13H,1-4,10-11H2,(H,21,23). The molecule has 1 aromatic carbocycles. The first-order valence-corrected chi connectivity index (χ1v) is 8.79. The van der Waals surface area contributed by atoms with Crippen LogP contribution < -0.4 is 10.2 Å². The number of carbonyl (C=O) groups is 1. The summed E-state index contributed by atoms with van der Waals surface area (Å²) in [6.45, 7) is 2.15. The van der Waals surface area contributed by atoms with E-state index in [9.17, 15) is 4.79 Å². The molecule has 0 atom stereocenters. The van der Waals surface area contributed by atoms with Gasteiger partial charge in [0.2, 0.25) is 0 Å². The number of carbonyl (C=O) groups excluding carboxylic acids is 1. The zero-order chi connectivity index (χ0) is 16.1. The summed E-state index contributed by atoms with van der Waals surface area (Å²) in [4.78, 5) is 19.0. The van der Waals surface area contributed by atoms with Crippen molar-refractivity contribution in [1.82, 2.24) is 4.98 Å². The molecule has 5 heteroatoms. The maximum absolute atomic E-state index is 12.3. The van der Waals surface area contributed by atoms with Gasteiger partial charge in [-0.25, -0.2) is 4.98 Å². The largest absolute Gasteiger partial charge is 0.370 e. The van der Waals surface area contributed by atoms with Crippen LogP contribution in [-0.4, -0.2) is 24.0 Å². The Morgan fingerprint density at radius 2 is 1.87 bits per heavy atom. The van der Waals surface area contributed by atoms with Crippen LogP contribution in [0.3, 0.4) is 0 Å². The number of nitrogens with zero attached hydrogens (tertiary/aromatic N) is 2. The van der Waals surface area contributed by atoms with Gasteiger partial charge in [-0.3, -0.25) is 4.79 Å². The molecule has 0 aliphatic carbocycles. The maximum Gasteiger partial charge on any atom is 0.274 e. The summed E-state index contributed by atoms with van der Waals surface area (Å²) in [5.41, 5.74) is 2.29. The Balaban J connectivity index is 1.67. The predicted octanol–water partition coefficient (Wildman–Crippen LogP) is 4.48. The highest BCUT2D eigenvalue weighted by Gasteiger charge is 2.12. The van der Waals surface area contributed by atoms with Crippen LogP contribution in [0.5, 0.6) is 0 Å². The van der Waals surface area contributed by atoms with Gasteiger partial charge >= 0.3 is 0 Å². The fourth-order valence-electron chi connectivity index (χ4n) is 2.80. The first kappa shape index (κ1) is 16.0. The molecule has 0 saturated carbocycles. The number of anilines is 2. The number of aromatic nitrogens is 1. The second-order valence-electron chi connectivity index (χ2n) is 5.77. The molecule has 1 saturated heterocycles. The molecule has 1 N–H and O–H groups in total. The Kier molecular flexibility index (Phi) is 5.28. The summed E-state index contributed by atoms with van der Waals surface area (Å²) in [6, 6.07) is 11.3. The summed E-state index contributed by atoms with van der Waals surface area (Å²) in [7, 11) is 0. The number of halogens is 1. The number of hydrogen-bond donors (Lipinski definition) is 1. The van der Waals surface area contributed by atoms with Crippen molar-refractivity contribution in [1.29, 1.82) is 0 Å². The van der Waals surface area contributed by atoms with E-state index < -0.39 is 0 Å². The first-order chi connectivity index (χ1) is 11.2. The van der Waals surface area contributed by atoms with Gasteiger partial charge in [-0.05, 0) is 43.2 Å². The quantitative estimate of drug-likeness (QED) is 0.862. The predicted molar refractivity (Wildman–Crippen MR) is 97.0 cm³/mol. The van der Waals surface area contributed by atoms with E-state index in [1.807, 2.05) is 30.3 Å². The highest BCUT2D eigenvalue weighted by atomic mass is 79.9. The molecule has 0 bridgehead atoms. The Morgan fingerprint density at radius 3 is 2.52 bits per heavy atom. The van der Waals surface area contributed by atoms with Gasteiger partial charge in [-0.2, -0.15) is 0 Å². The molecular formula is C18H20BrN3O. The van der Waals surface area contributed by atoms with Gasteiger partial charge in [0.05, 0.1) is 11.9 Å². The Bertz CT molecular complexity index is 664. The number of hydrogen-bond acceptors (Lipinski definition) is 3. The van der Waals surface area contributed by atoms with Crippen LogP contribution in [0.15, 0.2) is 47.1 Å². The van der Waals surface area contributed by atoms with Crippen molar-refractivity contribution in [2.24, 2.45) is 0 Å². The van der Waals surface area contributed by atoms with Crippen LogP contribution in [0.2, 0.25) is 0 Å². The fraction of sp³-hybridized carbons (Fsp3) is 0.333. The van der Waals surface area contributed by atoms with Crippen LogP contribution >= 0.6 is 15.9 Å². The molecule has 120 valence electrons. The lowest BCUT2D eigenvalue weighted by Crippen LogP contribution is -2.24. The molecule has 3 rings (SSSR count). The summed E-state index contributed by atoms with van der Waals surface area (Å²) >= 11 is 3.40.